The molecule has 1 rings (SSSR count). The summed E-state index contributed by atoms with van der Waals surface area (Å²) < 4.78 is 0. The topological polar surface area (TPSA) is 98.2 Å². The zero-order chi connectivity index (χ0) is 12.7. The molecule has 5 nitrogen and oxygen atoms in total. The van der Waals surface area contributed by atoms with E-state index >= 15 is 0 Å². The quantitative estimate of drug-likeness (QED) is 0.619. The smallest absolute Gasteiger partial charge is 0.242 e. The average molecular weight is 255 g/mol. The molecule has 0 fully saturated rings. The van der Waals surface area contributed by atoms with Crippen LogP contribution in [0.4, 0.5) is 0 Å². The van der Waals surface area contributed by atoms with Gasteiger partial charge in [-0.1, -0.05) is 6.07 Å². The van der Waals surface area contributed by atoms with Crippen LogP contribution in [0.3, 0.4) is 0 Å². The molecule has 0 aliphatic carbocycles. The molecule has 17 heavy (non-hydrogen) atoms. The van der Waals surface area contributed by atoms with Gasteiger partial charge in [-0.15, -0.1) is 11.3 Å². The molecule has 1 heterocycles. The minimum absolute atomic E-state index is 0.188. The van der Waals surface area contributed by atoms with Crippen LogP contribution in [0, 0.1) is 0 Å². The first-order valence-corrected chi connectivity index (χ1v) is 6.34. The lowest BCUT2D eigenvalue weighted by Gasteiger charge is -2.10. The predicted octanol–water partition coefficient (Wildman–Crippen LogP) is 0.520. The molecule has 94 valence electrons. The second-order valence-corrected chi connectivity index (χ2v) is 4.69. The van der Waals surface area contributed by atoms with Crippen molar-refractivity contribution in [2.75, 3.05) is 6.54 Å². The zero-order valence-corrected chi connectivity index (χ0v) is 10.3. The molecule has 1 atom stereocenters. The number of carbonyl (C=O) groups is 2. The average Bonchev–Trinajstić information content (AvgIpc) is 2.80. The summed E-state index contributed by atoms with van der Waals surface area (Å²) in [7, 11) is 0. The van der Waals surface area contributed by atoms with Crippen molar-refractivity contribution in [2.45, 2.75) is 25.3 Å². The summed E-state index contributed by atoms with van der Waals surface area (Å²) in [6, 6.07) is 3.09. The highest BCUT2D eigenvalue weighted by atomic mass is 32.1. The number of nitrogens with two attached hydrogens (primary N) is 2. The maximum atomic E-state index is 11.6. The maximum Gasteiger partial charge on any atom is 0.242 e. The van der Waals surface area contributed by atoms with Gasteiger partial charge in [-0.25, -0.2) is 0 Å². The van der Waals surface area contributed by atoms with E-state index in [1.54, 1.807) is 0 Å². The number of hydrogen-bond donors (Lipinski definition) is 3. The van der Waals surface area contributed by atoms with Crippen molar-refractivity contribution in [1.82, 2.24) is 5.32 Å². The summed E-state index contributed by atoms with van der Waals surface area (Å²) in [6.07, 6.45) is 1.77. The van der Waals surface area contributed by atoms with Crippen LogP contribution >= 0.6 is 11.3 Å². The zero-order valence-electron chi connectivity index (χ0n) is 9.52. The van der Waals surface area contributed by atoms with Crippen LogP contribution in [0.15, 0.2) is 17.5 Å². The summed E-state index contributed by atoms with van der Waals surface area (Å²) in [5.41, 5.74) is 10.8. The van der Waals surface area contributed by atoms with Gasteiger partial charge in [-0.05, 0) is 24.3 Å². The Hall–Kier alpha value is -1.40. The molecule has 5 N–H and O–H groups in total. The molecular weight excluding hydrogens is 238 g/mol. The second-order valence-electron chi connectivity index (χ2n) is 3.71. The monoisotopic (exact) mass is 255 g/mol. The van der Waals surface area contributed by atoms with Gasteiger partial charge >= 0.3 is 0 Å². The standard InChI is InChI=1S/C11H17N3O2S/c12-9(15)5-1-2-6-14-11(16)10(13)8-4-3-7-17-8/h3-4,7,10H,1-2,5-6,13H2,(H2,12,15)(H,14,16). The minimum atomic E-state index is -0.605. The highest BCUT2D eigenvalue weighted by molar-refractivity contribution is 7.10. The first kappa shape index (κ1) is 13.7. The van der Waals surface area contributed by atoms with Crippen molar-refractivity contribution < 1.29 is 9.59 Å². The van der Waals surface area contributed by atoms with Crippen LogP contribution in [0.1, 0.15) is 30.2 Å². The number of amides is 2. The second kappa shape index (κ2) is 7.03. The molecule has 0 saturated carbocycles. The third kappa shape index (κ3) is 4.97. The van der Waals surface area contributed by atoms with E-state index < -0.39 is 6.04 Å². The van der Waals surface area contributed by atoms with E-state index in [0.29, 0.717) is 19.4 Å². The number of unbranched alkanes of at least 4 members (excludes halogenated alkanes) is 1. The highest BCUT2D eigenvalue weighted by Gasteiger charge is 2.15. The van der Waals surface area contributed by atoms with Crippen LogP contribution in [0.25, 0.3) is 0 Å². The molecule has 0 bridgehead atoms. The molecule has 0 radical (unpaired) electrons. The summed E-state index contributed by atoms with van der Waals surface area (Å²) in [4.78, 5) is 22.9. The molecular formula is C11H17N3O2S. The Balaban J connectivity index is 2.19. The van der Waals surface area contributed by atoms with Crippen LogP contribution in [-0.4, -0.2) is 18.4 Å². The Morgan fingerprint density at radius 3 is 2.76 bits per heavy atom. The molecule has 0 saturated heterocycles. The van der Waals surface area contributed by atoms with E-state index in [1.165, 1.54) is 11.3 Å². The summed E-state index contributed by atoms with van der Waals surface area (Å²) >= 11 is 1.46. The Morgan fingerprint density at radius 1 is 1.41 bits per heavy atom. The van der Waals surface area contributed by atoms with E-state index in [-0.39, 0.29) is 11.8 Å². The lowest BCUT2D eigenvalue weighted by atomic mass is 10.2. The van der Waals surface area contributed by atoms with Crippen LogP contribution in [-0.2, 0) is 9.59 Å². The Labute approximate surface area is 104 Å². The fraction of sp³-hybridized carbons (Fsp3) is 0.455. The molecule has 0 aliphatic rings. The van der Waals surface area contributed by atoms with Gasteiger partial charge in [-0.3, -0.25) is 9.59 Å². The van der Waals surface area contributed by atoms with Gasteiger partial charge in [0, 0.05) is 17.8 Å². The normalized spacial score (nSPS) is 12.1. The summed E-state index contributed by atoms with van der Waals surface area (Å²) in [5, 5.41) is 4.62. The van der Waals surface area contributed by atoms with Crippen molar-refractivity contribution >= 4 is 23.2 Å². The Kier molecular flexibility index (Phi) is 5.65. The number of hydrogen-bond acceptors (Lipinski definition) is 4. The van der Waals surface area contributed by atoms with E-state index in [9.17, 15) is 9.59 Å². The van der Waals surface area contributed by atoms with Crippen LogP contribution in [0.2, 0.25) is 0 Å². The Bertz CT molecular complexity index is 365. The van der Waals surface area contributed by atoms with Gasteiger partial charge in [0.25, 0.3) is 0 Å². The van der Waals surface area contributed by atoms with E-state index in [0.717, 1.165) is 11.3 Å². The molecule has 0 aromatic carbocycles. The highest BCUT2D eigenvalue weighted by Crippen LogP contribution is 2.16. The van der Waals surface area contributed by atoms with Crippen molar-refractivity contribution in [2.24, 2.45) is 11.5 Å². The Morgan fingerprint density at radius 2 is 2.18 bits per heavy atom. The lowest BCUT2D eigenvalue weighted by molar-refractivity contribution is -0.122. The summed E-state index contributed by atoms with van der Waals surface area (Å²) in [6.45, 7) is 0.519. The van der Waals surface area contributed by atoms with Crippen molar-refractivity contribution in [1.29, 1.82) is 0 Å². The molecule has 1 aromatic rings. The van der Waals surface area contributed by atoms with Gasteiger partial charge in [0.1, 0.15) is 6.04 Å². The molecule has 1 unspecified atom stereocenters. The fourth-order valence-electron chi connectivity index (χ4n) is 1.34. The van der Waals surface area contributed by atoms with Gasteiger partial charge in [0.15, 0.2) is 0 Å². The first-order chi connectivity index (χ1) is 8.11. The summed E-state index contributed by atoms with van der Waals surface area (Å²) in [5.74, 6) is -0.502. The van der Waals surface area contributed by atoms with Crippen LogP contribution in [0.5, 0.6) is 0 Å². The fourth-order valence-corrected chi connectivity index (χ4v) is 2.07. The van der Waals surface area contributed by atoms with Crippen molar-refractivity contribution in [3.63, 3.8) is 0 Å². The largest absolute Gasteiger partial charge is 0.370 e. The van der Waals surface area contributed by atoms with Crippen molar-refractivity contribution in [3.8, 4) is 0 Å². The van der Waals surface area contributed by atoms with Crippen LogP contribution < -0.4 is 16.8 Å². The number of primary amides is 1. The molecule has 2 amide bonds. The lowest BCUT2D eigenvalue weighted by Crippen LogP contribution is -2.34. The predicted molar refractivity (Wildman–Crippen MR) is 67.3 cm³/mol. The number of carbonyl (C=O) groups excluding carboxylic acids is 2. The van der Waals surface area contributed by atoms with Gasteiger partial charge in [0.05, 0.1) is 0 Å². The van der Waals surface area contributed by atoms with E-state index in [1.807, 2.05) is 17.5 Å². The third-order valence-corrected chi connectivity index (χ3v) is 3.24. The third-order valence-electron chi connectivity index (χ3n) is 2.28. The SMILES string of the molecule is NC(=O)CCCCNC(=O)C(N)c1cccs1. The van der Waals surface area contributed by atoms with Gasteiger partial charge < -0.3 is 16.8 Å². The van der Waals surface area contributed by atoms with Gasteiger partial charge in [-0.2, -0.15) is 0 Å². The first-order valence-electron chi connectivity index (χ1n) is 5.46. The van der Waals surface area contributed by atoms with E-state index in [2.05, 4.69) is 5.32 Å². The van der Waals surface area contributed by atoms with E-state index in [4.69, 9.17) is 11.5 Å². The van der Waals surface area contributed by atoms with Gasteiger partial charge in [0.2, 0.25) is 11.8 Å². The number of thiophene rings is 1. The molecule has 0 spiro atoms. The molecule has 6 heteroatoms. The molecule has 0 aliphatic heterocycles. The minimum Gasteiger partial charge on any atom is -0.370 e. The maximum absolute atomic E-state index is 11.6. The number of nitrogens with one attached hydrogen (secondary N) is 1. The van der Waals surface area contributed by atoms with Crippen molar-refractivity contribution in [3.05, 3.63) is 22.4 Å². The molecule has 1 aromatic heterocycles. The number of rotatable bonds is 7.